The summed E-state index contributed by atoms with van der Waals surface area (Å²) in [5.41, 5.74) is 3.89. The minimum Gasteiger partial charge on any atom is -0.743 e. The summed E-state index contributed by atoms with van der Waals surface area (Å²) >= 11 is 0. The molecule has 0 rings (SSSR count). The predicted molar refractivity (Wildman–Crippen MR) is 184 cm³/mol. The Balaban J connectivity index is 0. The third-order valence-electron chi connectivity index (χ3n) is 9.63. The average molecular weight is 910 g/mol. The summed E-state index contributed by atoms with van der Waals surface area (Å²) in [6.45, 7) is 5.21. The minimum absolute atomic E-state index is 0.169. The molecular weight excluding hydrogens is 849 g/mol. The molecule has 0 saturated carbocycles. The van der Waals surface area contributed by atoms with E-state index in [1.54, 1.807) is 6.92 Å². The minimum atomic E-state index is -8.90. The van der Waals surface area contributed by atoms with Crippen LogP contribution in [0.5, 0.6) is 0 Å². The van der Waals surface area contributed by atoms with Gasteiger partial charge in [0.05, 0.1) is 6.54 Å². The van der Waals surface area contributed by atoms with E-state index in [0.29, 0.717) is 19.3 Å². The zero-order valence-electron chi connectivity index (χ0n) is 33.0. The Morgan fingerprint density at radius 2 is 0.655 bits per heavy atom. The highest BCUT2D eigenvalue weighted by Crippen LogP contribution is 2.64. The van der Waals surface area contributed by atoms with Gasteiger partial charge in [0.1, 0.15) is 0 Å². The summed E-state index contributed by atoms with van der Waals surface area (Å²) in [6, 6.07) is 0. The van der Waals surface area contributed by atoms with E-state index < -0.39 is 75.8 Å². The molecular formula is C36H60F17NO3S. The van der Waals surface area contributed by atoms with E-state index in [9.17, 15) is 87.6 Å². The summed E-state index contributed by atoms with van der Waals surface area (Å²) in [6.07, 6.45) is 18.6. The second-order valence-electron chi connectivity index (χ2n) is 14.6. The lowest BCUT2D eigenvalue weighted by atomic mass is 9.87. The van der Waals surface area contributed by atoms with Crippen LogP contribution < -0.4 is 5.73 Å². The number of rotatable bonds is 33. The third kappa shape index (κ3) is 15.2. The Labute approximate surface area is 330 Å². The largest absolute Gasteiger partial charge is 0.743 e. The van der Waals surface area contributed by atoms with Gasteiger partial charge in [0.2, 0.25) is 0 Å². The standard InChI is InChI=1S/C18H21F17O3S.C18H39N/c1-2-3-4-5-6-7-8-9-10(19)11(20,21)12(22,23)13(24,25)14(26,27)15(28,29)16(30,31)17(32,33)18(34,35)39(36,37)38;1-2-3-4-5-6-7-8-9-10-11-12-13-14-15-16-17-18-19/h10H,2-9H2,1H3,(H,36,37,38);2-19H2,1H3. The number of alkyl halides is 17. The van der Waals surface area contributed by atoms with Crippen molar-refractivity contribution in [1.82, 2.24) is 0 Å². The van der Waals surface area contributed by atoms with Crippen molar-refractivity contribution in [1.29, 1.82) is 0 Å². The van der Waals surface area contributed by atoms with Gasteiger partial charge in [-0.1, -0.05) is 149 Å². The van der Waals surface area contributed by atoms with Crippen molar-refractivity contribution in [2.75, 3.05) is 6.54 Å². The lowest BCUT2D eigenvalue weighted by Gasteiger charge is -2.44. The maximum absolute atomic E-state index is 13.8. The fraction of sp³-hybridized carbons (Fsp3) is 1.00. The number of hydrogen-bond acceptors (Lipinski definition) is 3. The Hall–Kier alpha value is -1.32. The summed E-state index contributed by atoms with van der Waals surface area (Å²) in [4.78, 5) is 0. The van der Waals surface area contributed by atoms with E-state index >= 15 is 0 Å². The molecule has 0 radical (unpaired) electrons. The normalized spacial score (nSPS) is 14.7. The van der Waals surface area contributed by atoms with Gasteiger partial charge in [-0.15, -0.1) is 0 Å². The lowest BCUT2D eigenvalue weighted by Crippen LogP contribution is -2.75. The van der Waals surface area contributed by atoms with E-state index in [0.717, 1.165) is 13.0 Å². The van der Waals surface area contributed by atoms with Crippen LogP contribution in [-0.4, -0.2) is 72.4 Å². The summed E-state index contributed by atoms with van der Waals surface area (Å²) in [5, 5.41) is -7.95. The highest BCUT2D eigenvalue weighted by Gasteiger charge is 2.95. The van der Waals surface area contributed by atoms with Crippen LogP contribution in [0.2, 0.25) is 0 Å². The molecule has 0 fully saturated rings. The monoisotopic (exact) mass is 909 g/mol. The fourth-order valence-electron chi connectivity index (χ4n) is 5.72. The van der Waals surface area contributed by atoms with Crippen LogP contribution in [0, 0.1) is 0 Å². The quantitative estimate of drug-likeness (QED) is 0.0404. The highest BCUT2D eigenvalue weighted by molar-refractivity contribution is 7.86. The average Bonchev–Trinajstić information content (AvgIpc) is 3.11. The van der Waals surface area contributed by atoms with E-state index in [1.165, 1.54) is 103 Å². The van der Waals surface area contributed by atoms with Crippen molar-refractivity contribution >= 4 is 10.1 Å². The molecule has 0 aliphatic carbocycles. The summed E-state index contributed by atoms with van der Waals surface area (Å²) in [7, 11) is -8.16. The zero-order chi connectivity index (χ0) is 45.8. The van der Waals surface area contributed by atoms with Crippen molar-refractivity contribution in [3.8, 4) is 0 Å². The van der Waals surface area contributed by atoms with Gasteiger partial charge < -0.3 is 10.3 Å². The molecule has 0 heterocycles. The third-order valence-corrected chi connectivity index (χ3v) is 10.5. The van der Waals surface area contributed by atoms with E-state index in [4.69, 9.17) is 0 Å². The van der Waals surface area contributed by atoms with Gasteiger partial charge in [-0.25, -0.2) is 12.8 Å². The second-order valence-corrected chi connectivity index (χ2v) is 16.0. The Morgan fingerprint density at radius 3 is 0.931 bits per heavy atom. The molecule has 3 N–H and O–H groups in total. The summed E-state index contributed by atoms with van der Waals surface area (Å²) in [5.74, 6) is -58.7. The molecule has 58 heavy (non-hydrogen) atoms. The molecule has 352 valence electrons. The first-order valence-electron chi connectivity index (χ1n) is 19.8. The molecule has 22 heteroatoms. The smallest absolute Gasteiger partial charge is 0.402 e. The molecule has 0 aromatic heterocycles. The van der Waals surface area contributed by atoms with Crippen LogP contribution in [0.15, 0.2) is 0 Å². The second kappa shape index (κ2) is 25.6. The van der Waals surface area contributed by atoms with Crippen molar-refractivity contribution in [2.45, 2.75) is 221 Å². The number of hydrogen-bond donors (Lipinski definition) is 1. The maximum Gasteiger partial charge on any atom is 0.402 e. The molecule has 0 aliphatic heterocycles. The maximum atomic E-state index is 13.8. The lowest BCUT2D eigenvalue weighted by molar-refractivity contribution is -0.451. The SMILES string of the molecule is CCCCCCCCCC(F)C(F)(F)C(F)(F)C(F)(F)C(F)(F)C(F)(F)C(F)(F)C(F)(F)C(F)(F)S(=O)(=O)[O-].CCCCCCCCCCCCCCCCCC[NH3+]. The van der Waals surface area contributed by atoms with Crippen molar-refractivity contribution in [2.24, 2.45) is 0 Å². The Kier molecular flexibility index (Phi) is 25.9. The first kappa shape index (κ1) is 58.8. The van der Waals surface area contributed by atoms with Gasteiger partial charge in [0, 0.05) is 0 Å². The molecule has 1 unspecified atom stereocenters. The molecule has 0 spiro atoms. The van der Waals surface area contributed by atoms with Crippen molar-refractivity contribution < 1.29 is 93.3 Å². The van der Waals surface area contributed by atoms with Crippen LogP contribution in [0.1, 0.15) is 168 Å². The van der Waals surface area contributed by atoms with E-state index in [-0.39, 0.29) is 12.8 Å². The van der Waals surface area contributed by atoms with Gasteiger partial charge >= 0.3 is 46.7 Å². The van der Waals surface area contributed by atoms with Crippen LogP contribution >= 0.6 is 0 Å². The first-order valence-corrected chi connectivity index (χ1v) is 21.2. The van der Waals surface area contributed by atoms with Gasteiger partial charge in [-0.2, -0.15) is 70.2 Å². The summed E-state index contributed by atoms with van der Waals surface area (Å²) < 4.78 is 261. The predicted octanol–water partition coefficient (Wildman–Crippen LogP) is 13.5. The fourth-order valence-corrected chi connectivity index (χ4v) is 6.16. The number of unbranched alkanes of at least 4 members (excludes halogenated alkanes) is 21. The van der Waals surface area contributed by atoms with E-state index in [2.05, 4.69) is 12.7 Å². The van der Waals surface area contributed by atoms with Crippen LogP contribution in [0.3, 0.4) is 0 Å². The molecule has 0 aliphatic rings. The molecule has 4 nitrogen and oxygen atoms in total. The molecule has 0 bridgehead atoms. The van der Waals surface area contributed by atoms with Crippen molar-refractivity contribution in [3.05, 3.63) is 0 Å². The molecule has 1 atom stereocenters. The van der Waals surface area contributed by atoms with Gasteiger partial charge in [0.25, 0.3) is 0 Å². The van der Waals surface area contributed by atoms with Crippen LogP contribution in [-0.2, 0) is 10.1 Å². The van der Waals surface area contributed by atoms with Gasteiger partial charge in [-0.3, -0.25) is 0 Å². The topological polar surface area (TPSA) is 84.8 Å². The number of halogens is 17. The zero-order valence-corrected chi connectivity index (χ0v) is 33.8. The highest BCUT2D eigenvalue weighted by atomic mass is 32.2. The molecule has 0 aromatic rings. The van der Waals surface area contributed by atoms with Gasteiger partial charge in [0.15, 0.2) is 16.3 Å². The first-order chi connectivity index (χ1) is 26.4. The molecule has 0 aromatic carbocycles. The molecule has 0 saturated heterocycles. The van der Waals surface area contributed by atoms with Crippen molar-refractivity contribution in [3.63, 3.8) is 0 Å². The van der Waals surface area contributed by atoms with Crippen LogP contribution in [0.25, 0.3) is 0 Å². The van der Waals surface area contributed by atoms with E-state index in [1.807, 2.05) is 0 Å². The number of quaternary nitrogens is 1. The Morgan fingerprint density at radius 1 is 0.414 bits per heavy atom. The molecule has 0 amide bonds. The Bertz CT molecular complexity index is 1190. The van der Waals surface area contributed by atoms with Gasteiger partial charge in [-0.05, 0) is 19.3 Å². The van der Waals surface area contributed by atoms with Crippen LogP contribution in [0.4, 0.5) is 74.6 Å².